The van der Waals surface area contributed by atoms with Crippen molar-refractivity contribution >= 4 is 0 Å². The Balaban J connectivity index is 2.54. The molecule has 4 nitrogen and oxygen atoms in total. The van der Waals surface area contributed by atoms with Crippen LogP contribution >= 0.6 is 0 Å². The first kappa shape index (κ1) is 12.0. The van der Waals surface area contributed by atoms with Crippen LogP contribution in [0.25, 0.3) is 11.5 Å². The van der Waals surface area contributed by atoms with Crippen LogP contribution in [0.1, 0.15) is 11.4 Å². The molecule has 0 saturated heterocycles. The minimum Gasteiger partial charge on any atom is -0.334 e. The van der Waals surface area contributed by atoms with E-state index in [0.29, 0.717) is 0 Å². The molecule has 2 aromatic rings. The van der Waals surface area contributed by atoms with Gasteiger partial charge in [0.05, 0.1) is 5.56 Å². The lowest BCUT2D eigenvalue weighted by Crippen LogP contribution is -2.07. The van der Waals surface area contributed by atoms with Crippen LogP contribution in [0.5, 0.6) is 0 Å². The normalized spacial score (nSPS) is 11.3. The Hall–Kier alpha value is -2.43. The van der Waals surface area contributed by atoms with Gasteiger partial charge in [-0.25, -0.2) is 4.39 Å². The van der Waals surface area contributed by atoms with Gasteiger partial charge in [0.15, 0.2) is 0 Å². The zero-order valence-electron chi connectivity index (χ0n) is 8.49. The first-order chi connectivity index (χ1) is 8.43. The van der Waals surface area contributed by atoms with Gasteiger partial charge < -0.3 is 4.52 Å². The molecule has 1 heterocycles. The molecule has 1 aromatic heterocycles. The van der Waals surface area contributed by atoms with E-state index >= 15 is 0 Å². The highest BCUT2D eigenvalue weighted by Gasteiger charge is 2.37. The molecular formula is C10H3F4N3O. The van der Waals surface area contributed by atoms with E-state index in [4.69, 9.17) is 5.26 Å². The zero-order valence-corrected chi connectivity index (χ0v) is 8.49. The molecule has 0 fully saturated rings. The maximum Gasteiger partial charge on any atom is 0.455 e. The van der Waals surface area contributed by atoms with Gasteiger partial charge in [-0.15, -0.1) is 0 Å². The third-order valence-electron chi connectivity index (χ3n) is 2.04. The van der Waals surface area contributed by atoms with Gasteiger partial charge in [0, 0.05) is 0 Å². The molecule has 0 aliphatic carbocycles. The molecule has 8 heteroatoms. The van der Waals surface area contributed by atoms with Gasteiger partial charge in [0.2, 0.25) is 0 Å². The van der Waals surface area contributed by atoms with Crippen molar-refractivity contribution in [1.29, 1.82) is 5.26 Å². The average molecular weight is 257 g/mol. The summed E-state index contributed by atoms with van der Waals surface area (Å²) in [6.07, 6.45) is -4.76. The minimum absolute atomic E-state index is 0.180. The Morgan fingerprint density at radius 3 is 2.56 bits per heavy atom. The van der Waals surface area contributed by atoms with Gasteiger partial charge in [-0.1, -0.05) is 11.2 Å². The lowest BCUT2D eigenvalue weighted by molar-refractivity contribution is -0.146. The second kappa shape index (κ2) is 4.10. The number of alkyl halides is 3. The fraction of sp³-hybridized carbons (Fsp3) is 0.100. The smallest absolute Gasteiger partial charge is 0.334 e. The third kappa shape index (κ3) is 2.02. The molecule has 0 atom stereocenters. The van der Waals surface area contributed by atoms with E-state index < -0.39 is 29.3 Å². The molecule has 18 heavy (non-hydrogen) atoms. The highest BCUT2D eigenvalue weighted by Crippen LogP contribution is 2.30. The molecule has 0 amide bonds. The van der Waals surface area contributed by atoms with E-state index in [1.807, 2.05) is 0 Å². The minimum atomic E-state index is -4.76. The number of hydrogen-bond donors (Lipinski definition) is 0. The fourth-order valence-corrected chi connectivity index (χ4v) is 1.26. The molecule has 0 radical (unpaired) electrons. The van der Waals surface area contributed by atoms with Gasteiger partial charge >= 0.3 is 6.18 Å². The van der Waals surface area contributed by atoms with Crippen molar-refractivity contribution in [3.63, 3.8) is 0 Å². The van der Waals surface area contributed by atoms with Crippen LogP contribution in [-0.2, 0) is 6.18 Å². The molecule has 0 aliphatic heterocycles. The summed E-state index contributed by atoms with van der Waals surface area (Å²) in [5, 5.41) is 11.5. The molecule has 0 unspecified atom stereocenters. The molecule has 0 N–H and O–H groups in total. The second-order valence-corrected chi connectivity index (χ2v) is 3.20. The Morgan fingerprint density at radius 2 is 2.00 bits per heavy atom. The van der Waals surface area contributed by atoms with E-state index in [-0.39, 0.29) is 5.56 Å². The zero-order chi connectivity index (χ0) is 13.3. The summed E-state index contributed by atoms with van der Waals surface area (Å²) in [5.41, 5.74) is -0.629. The van der Waals surface area contributed by atoms with Gasteiger partial charge in [0.1, 0.15) is 17.4 Å². The predicted octanol–water partition coefficient (Wildman–Crippen LogP) is 2.77. The van der Waals surface area contributed by atoms with Crippen molar-refractivity contribution in [3.8, 4) is 17.5 Å². The summed E-state index contributed by atoms with van der Waals surface area (Å²) in [6.45, 7) is 0. The summed E-state index contributed by atoms with van der Waals surface area (Å²) >= 11 is 0. The first-order valence-electron chi connectivity index (χ1n) is 4.53. The standard InChI is InChI=1S/C10H3F4N3O/c11-7-3-1-2-5(6(7)4-15)8-16-9(17-18-8)10(12,13)14/h1-3H. The first-order valence-corrected chi connectivity index (χ1v) is 4.53. The monoisotopic (exact) mass is 257 g/mol. The van der Waals surface area contributed by atoms with E-state index in [0.717, 1.165) is 6.07 Å². The molecule has 2 rings (SSSR count). The van der Waals surface area contributed by atoms with E-state index in [2.05, 4.69) is 14.7 Å². The Kier molecular flexibility index (Phi) is 2.74. The largest absolute Gasteiger partial charge is 0.455 e. The molecule has 1 aromatic carbocycles. The van der Waals surface area contributed by atoms with Crippen molar-refractivity contribution in [2.45, 2.75) is 6.18 Å². The van der Waals surface area contributed by atoms with Crippen molar-refractivity contribution in [2.75, 3.05) is 0 Å². The van der Waals surface area contributed by atoms with Crippen molar-refractivity contribution in [2.24, 2.45) is 0 Å². The predicted molar refractivity (Wildman–Crippen MR) is 49.4 cm³/mol. The van der Waals surface area contributed by atoms with Crippen LogP contribution in [0, 0.1) is 17.1 Å². The Labute approximate surface area is 97.5 Å². The number of nitrogens with zero attached hydrogens (tertiary/aromatic N) is 3. The molecular weight excluding hydrogens is 254 g/mol. The van der Waals surface area contributed by atoms with Gasteiger partial charge in [-0.05, 0) is 12.1 Å². The number of aromatic nitrogens is 2. The summed E-state index contributed by atoms with van der Waals surface area (Å²) in [4.78, 5) is 3.08. The second-order valence-electron chi connectivity index (χ2n) is 3.20. The molecule has 92 valence electrons. The van der Waals surface area contributed by atoms with Crippen LogP contribution in [0.4, 0.5) is 17.6 Å². The average Bonchev–Trinajstić information content (AvgIpc) is 2.77. The molecule has 0 aliphatic rings. The highest BCUT2D eigenvalue weighted by molar-refractivity contribution is 5.63. The highest BCUT2D eigenvalue weighted by atomic mass is 19.4. The Morgan fingerprint density at radius 1 is 1.28 bits per heavy atom. The van der Waals surface area contributed by atoms with Crippen molar-refractivity contribution in [1.82, 2.24) is 10.1 Å². The number of hydrogen-bond acceptors (Lipinski definition) is 4. The maximum atomic E-state index is 13.2. The van der Waals surface area contributed by atoms with Crippen molar-refractivity contribution < 1.29 is 22.1 Å². The quantitative estimate of drug-likeness (QED) is 0.737. The van der Waals surface area contributed by atoms with Crippen LogP contribution in [0.3, 0.4) is 0 Å². The van der Waals surface area contributed by atoms with E-state index in [1.165, 1.54) is 18.2 Å². The van der Waals surface area contributed by atoms with Gasteiger partial charge in [-0.2, -0.15) is 23.4 Å². The lowest BCUT2D eigenvalue weighted by atomic mass is 10.1. The third-order valence-corrected chi connectivity index (χ3v) is 2.04. The molecule has 0 spiro atoms. The number of nitriles is 1. The summed E-state index contributed by atoms with van der Waals surface area (Å²) in [7, 11) is 0. The Bertz CT molecular complexity index is 627. The summed E-state index contributed by atoms with van der Waals surface area (Å²) in [5.74, 6) is -2.91. The van der Waals surface area contributed by atoms with E-state index in [1.54, 1.807) is 0 Å². The maximum absolute atomic E-state index is 13.2. The summed E-state index contributed by atoms with van der Waals surface area (Å²) < 4.78 is 54.4. The number of rotatable bonds is 1. The van der Waals surface area contributed by atoms with Crippen LogP contribution < -0.4 is 0 Å². The fourth-order valence-electron chi connectivity index (χ4n) is 1.26. The van der Waals surface area contributed by atoms with E-state index in [9.17, 15) is 17.6 Å². The van der Waals surface area contributed by atoms with Gasteiger partial charge in [-0.3, -0.25) is 0 Å². The molecule has 0 saturated carbocycles. The topological polar surface area (TPSA) is 62.7 Å². The number of halogens is 4. The SMILES string of the molecule is N#Cc1c(F)cccc1-c1nc(C(F)(F)F)no1. The summed E-state index contributed by atoms with van der Waals surface area (Å²) in [6, 6.07) is 4.97. The van der Waals surface area contributed by atoms with Gasteiger partial charge in [0.25, 0.3) is 11.7 Å². The van der Waals surface area contributed by atoms with Crippen LogP contribution in [0.15, 0.2) is 22.7 Å². The molecule has 0 bridgehead atoms. The lowest BCUT2D eigenvalue weighted by Gasteiger charge is -1.99. The number of benzene rings is 1. The van der Waals surface area contributed by atoms with Crippen molar-refractivity contribution in [3.05, 3.63) is 35.4 Å². The van der Waals surface area contributed by atoms with Crippen LogP contribution in [0.2, 0.25) is 0 Å². The van der Waals surface area contributed by atoms with Crippen LogP contribution in [-0.4, -0.2) is 10.1 Å².